The van der Waals surface area contributed by atoms with E-state index in [1.165, 1.54) is 0 Å². The first kappa shape index (κ1) is 28.6. The molecule has 0 amide bonds. The molecular formula is C30H34O8. The molecule has 0 aromatic heterocycles. The van der Waals surface area contributed by atoms with Crippen LogP contribution in [0.5, 0.6) is 0 Å². The van der Waals surface area contributed by atoms with Crippen LogP contribution in [0.3, 0.4) is 0 Å². The zero-order valence-corrected chi connectivity index (χ0v) is 22.3. The van der Waals surface area contributed by atoms with Crippen molar-refractivity contribution in [3.05, 3.63) is 59.7 Å². The Labute approximate surface area is 222 Å². The molecule has 0 radical (unpaired) electrons. The lowest BCUT2D eigenvalue weighted by Gasteiger charge is -2.21. The highest BCUT2D eigenvalue weighted by Gasteiger charge is 2.33. The molecule has 0 saturated carbocycles. The van der Waals surface area contributed by atoms with Gasteiger partial charge in [0.05, 0.1) is 26.4 Å². The molecule has 0 heterocycles. The summed E-state index contributed by atoms with van der Waals surface area (Å²) in [5.74, 6) is -4.86. The van der Waals surface area contributed by atoms with Crippen LogP contribution >= 0.6 is 0 Å². The molecule has 0 unspecified atom stereocenters. The molecule has 0 fully saturated rings. The summed E-state index contributed by atoms with van der Waals surface area (Å²) in [7, 11) is 0. The Balaban J connectivity index is 2.23. The first-order valence-electron chi connectivity index (χ1n) is 12.9. The van der Waals surface area contributed by atoms with Gasteiger partial charge in [-0.3, -0.25) is 19.2 Å². The Morgan fingerprint density at radius 2 is 0.737 bits per heavy atom. The Morgan fingerprint density at radius 3 is 0.947 bits per heavy atom. The second-order valence-corrected chi connectivity index (χ2v) is 8.57. The molecule has 0 atom stereocenters. The van der Waals surface area contributed by atoms with Gasteiger partial charge in [-0.05, 0) is 73.2 Å². The van der Waals surface area contributed by atoms with Crippen LogP contribution in [0.4, 0.5) is 0 Å². The van der Waals surface area contributed by atoms with E-state index in [0.717, 1.165) is 32.7 Å². The van der Waals surface area contributed by atoms with E-state index in [4.69, 9.17) is 18.9 Å². The van der Waals surface area contributed by atoms with Crippen LogP contribution in [-0.4, -0.2) is 50.3 Å². The van der Waals surface area contributed by atoms with E-state index in [9.17, 15) is 19.2 Å². The summed E-state index contributed by atoms with van der Waals surface area (Å²) >= 11 is 0. The molecule has 3 aromatic rings. The number of hydrogen-bond acceptors (Lipinski definition) is 8. The lowest BCUT2D eigenvalue weighted by molar-refractivity contribution is -0.163. The Hall–Kier alpha value is -3.94. The van der Waals surface area contributed by atoms with E-state index in [-0.39, 0.29) is 39.3 Å². The Morgan fingerprint density at radius 1 is 0.500 bits per heavy atom. The maximum Gasteiger partial charge on any atom is 0.320 e. The molecule has 3 rings (SSSR count). The summed E-state index contributed by atoms with van der Waals surface area (Å²) in [4.78, 5) is 51.2. The molecule has 8 heteroatoms. The lowest BCUT2D eigenvalue weighted by Crippen LogP contribution is -2.31. The van der Waals surface area contributed by atoms with Crippen molar-refractivity contribution < 1.29 is 38.1 Å². The summed E-state index contributed by atoms with van der Waals surface area (Å²) in [6.45, 7) is 7.28. The van der Waals surface area contributed by atoms with Crippen LogP contribution in [0.2, 0.25) is 0 Å². The van der Waals surface area contributed by atoms with Crippen LogP contribution in [-0.2, 0) is 51.0 Å². The highest BCUT2D eigenvalue weighted by atomic mass is 16.6. The average Bonchev–Trinajstić information content (AvgIpc) is 2.91. The predicted octanol–water partition coefficient (Wildman–Crippen LogP) is 4.56. The van der Waals surface area contributed by atoms with Gasteiger partial charge < -0.3 is 18.9 Å². The van der Waals surface area contributed by atoms with Crippen LogP contribution in [0.25, 0.3) is 21.5 Å². The second kappa shape index (κ2) is 13.6. The van der Waals surface area contributed by atoms with Crippen LogP contribution in [0.15, 0.2) is 48.5 Å². The number of carbonyl (C=O) groups is 4. The van der Waals surface area contributed by atoms with Crippen LogP contribution in [0.1, 0.15) is 38.8 Å². The molecule has 0 aliphatic carbocycles. The minimum atomic E-state index is -1.14. The molecular weight excluding hydrogens is 488 g/mol. The molecule has 0 aliphatic rings. The third-order valence-corrected chi connectivity index (χ3v) is 6.26. The van der Waals surface area contributed by atoms with Crippen molar-refractivity contribution in [2.24, 2.45) is 11.8 Å². The first-order chi connectivity index (χ1) is 18.4. The highest BCUT2D eigenvalue weighted by molar-refractivity contribution is 6.08. The lowest BCUT2D eigenvalue weighted by atomic mass is 9.84. The number of hydrogen-bond donors (Lipinski definition) is 0. The highest BCUT2D eigenvalue weighted by Crippen LogP contribution is 2.36. The molecule has 202 valence electrons. The fraction of sp³-hybridized carbons (Fsp3) is 0.400. The van der Waals surface area contributed by atoms with Crippen LogP contribution < -0.4 is 0 Å². The molecule has 38 heavy (non-hydrogen) atoms. The van der Waals surface area contributed by atoms with Gasteiger partial charge in [0.2, 0.25) is 0 Å². The molecule has 3 aromatic carbocycles. The summed E-state index contributed by atoms with van der Waals surface area (Å²) < 4.78 is 20.8. The number of esters is 4. The minimum Gasteiger partial charge on any atom is -0.465 e. The largest absolute Gasteiger partial charge is 0.465 e. The maximum absolute atomic E-state index is 12.8. The van der Waals surface area contributed by atoms with Gasteiger partial charge in [-0.25, -0.2) is 0 Å². The summed E-state index contributed by atoms with van der Waals surface area (Å²) in [6.07, 6.45) is 0.135. The average molecular weight is 523 g/mol. The number of carbonyl (C=O) groups excluding carboxylic acids is 4. The summed E-state index contributed by atoms with van der Waals surface area (Å²) in [5.41, 5.74) is 1.55. The van der Waals surface area contributed by atoms with Crippen LogP contribution in [0, 0.1) is 11.8 Å². The SMILES string of the molecule is CCOC(=O)C(Cc1c2ccccc2c(CC(C(=O)OCC)C(=O)OCC)c2ccccc12)C(=O)OCC. The fourth-order valence-electron chi connectivity index (χ4n) is 4.65. The van der Waals surface area contributed by atoms with Crippen molar-refractivity contribution in [1.82, 2.24) is 0 Å². The van der Waals surface area contributed by atoms with Gasteiger partial charge in [-0.15, -0.1) is 0 Å². The number of fused-ring (bicyclic) bond motifs is 2. The summed E-state index contributed by atoms with van der Waals surface area (Å²) in [5, 5.41) is 3.19. The van der Waals surface area contributed by atoms with E-state index in [0.29, 0.717) is 0 Å². The quantitative estimate of drug-likeness (QED) is 0.148. The molecule has 0 N–H and O–H groups in total. The van der Waals surface area contributed by atoms with E-state index < -0.39 is 35.7 Å². The van der Waals surface area contributed by atoms with Crippen molar-refractivity contribution in [3.63, 3.8) is 0 Å². The van der Waals surface area contributed by atoms with E-state index in [1.807, 2.05) is 48.5 Å². The minimum absolute atomic E-state index is 0.0676. The fourth-order valence-corrected chi connectivity index (χ4v) is 4.65. The molecule has 0 spiro atoms. The second-order valence-electron chi connectivity index (χ2n) is 8.57. The number of benzene rings is 3. The molecule has 0 bridgehead atoms. The van der Waals surface area contributed by atoms with Crippen molar-refractivity contribution in [3.8, 4) is 0 Å². The molecule has 8 nitrogen and oxygen atoms in total. The van der Waals surface area contributed by atoms with E-state index in [2.05, 4.69) is 0 Å². The van der Waals surface area contributed by atoms with Gasteiger partial charge >= 0.3 is 23.9 Å². The predicted molar refractivity (Wildman–Crippen MR) is 142 cm³/mol. The normalized spacial score (nSPS) is 11.1. The molecule has 0 saturated heterocycles. The standard InChI is InChI=1S/C30H34O8/c1-5-35-27(31)25(28(32)36-6-2)17-23-19-13-9-11-15-21(19)24(22-16-12-10-14-20(22)23)18-26(29(33)37-7-3)30(34)38-8-4/h9-16,25-26H,5-8,17-18H2,1-4H3. The van der Waals surface area contributed by atoms with Gasteiger partial charge in [0.1, 0.15) is 0 Å². The number of rotatable bonds is 12. The topological polar surface area (TPSA) is 105 Å². The maximum atomic E-state index is 12.8. The van der Waals surface area contributed by atoms with Crippen molar-refractivity contribution in [2.45, 2.75) is 40.5 Å². The van der Waals surface area contributed by atoms with Gasteiger partial charge in [-0.1, -0.05) is 48.5 Å². The zero-order chi connectivity index (χ0) is 27.7. The van der Waals surface area contributed by atoms with Gasteiger partial charge in [0.15, 0.2) is 11.8 Å². The van der Waals surface area contributed by atoms with Gasteiger partial charge in [0.25, 0.3) is 0 Å². The third kappa shape index (κ3) is 6.30. The van der Waals surface area contributed by atoms with E-state index >= 15 is 0 Å². The first-order valence-corrected chi connectivity index (χ1v) is 12.9. The smallest absolute Gasteiger partial charge is 0.320 e. The summed E-state index contributed by atoms with van der Waals surface area (Å²) in [6, 6.07) is 15.1. The van der Waals surface area contributed by atoms with Crippen molar-refractivity contribution >= 4 is 45.4 Å². The molecule has 0 aliphatic heterocycles. The monoisotopic (exact) mass is 522 g/mol. The van der Waals surface area contributed by atoms with Gasteiger partial charge in [0, 0.05) is 0 Å². The zero-order valence-electron chi connectivity index (χ0n) is 22.3. The third-order valence-electron chi connectivity index (χ3n) is 6.26. The Bertz CT molecular complexity index is 1120. The van der Waals surface area contributed by atoms with Crippen molar-refractivity contribution in [1.29, 1.82) is 0 Å². The van der Waals surface area contributed by atoms with Gasteiger partial charge in [-0.2, -0.15) is 0 Å². The Kier molecular flexibility index (Phi) is 10.2. The van der Waals surface area contributed by atoms with E-state index in [1.54, 1.807) is 27.7 Å². The van der Waals surface area contributed by atoms with Crippen molar-refractivity contribution in [2.75, 3.05) is 26.4 Å². The number of ether oxygens (including phenoxy) is 4.